The Morgan fingerprint density at radius 2 is 1.81 bits per heavy atom. The lowest BCUT2D eigenvalue weighted by Gasteiger charge is -2.07. The molecule has 104 valence electrons. The number of aromatic nitrogens is 1. The van der Waals surface area contributed by atoms with E-state index in [2.05, 4.69) is 4.98 Å². The molecule has 21 heavy (non-hydrogen) atoms. The summed E-state index contributed by atoms with van der Waals surface area (Å²) < 4.78 is 5.38. The number of hydrogen-bond donors (Lipinski definition) is 0. The number of pyridine rings is 1. The summed E-state index contributed by atoms with van der Waals surface area (Å²) in [5.41, 5.74) is 3.46. The zero-order chi connectivity index (χ0) is 14.7. The van der Waals surface area contributed by atoms with E-state index in [1.165, 1.54) is 0 Å². The molecule has 3 aromatic rings. The Balaban J connectivity index is 1.77. The average molecular weight is 277 g/mol. The number of carbonyl (C=O) groups excluding carboxylic acids is 1. The number of rotatable bonds is 3. The lowest BCUT2D eigenvalue weighted by atomic mass is 10.1. The Morgan fingerprint density at radius 1 is 1.05 bits per heavy atom. The number of ether oxygens (including phenoxy) is 1. The molecule has 0 saturated heterocycles. The van der Waals surface area contributed by atoms with Crippen LogP contribution in [0.4, 0.5) is 0 Å². The normalized spacial score (nSPS) is 10.5. The smallest absolute Gasteiger partial charge is 0.338 e. The SMILES string of the molecule is Cc1ccc(C(=O)OCc2cccc3cccnc23)cc1. The van der Waals surface area contributed by atoms with E-state index >= 15 is 0 Å². The van der Waals surface area contributed by atoms with E-state index in [0.717, 1.165) is 22.0 Å². The molecule has 0 amide bonds. The van der Waals surface area contributed by atoms with Crippen molar-refractivity contribution in [2.75, 3.05) is 0 Å². The molecule has 0 unspecified atom stereocenters. The Bertz CT molecular complexity index is 773. The Kier molecular flexibility index (Phi) is 3.65. The van der Waals surface area contributed by atoms with Gasteiger partial charge in [0.1, 0.15) is 6.61 Å². The third-order valence-corrected chi connectivity index (χ3v) is 3.36. The number of benzene rings is 2. The molecule has 3 rings (SSSR count). The van der Waals surface area contributed by atoms with Crippen LogP contribution in [-0.2, 0) is 11.3 Å². The predicted molar refractivity (Wildman–Crippen MR) is 82.0 cm³/mol. The van der Waals surface area contributed by atoms with E-state index in [1.54, 1.807) is 18.3 Å². The Morgan fingerprint density at radius 3 is 2.62 bits per heavy atom. The standard InChI is InChI=1S/C18H15NO2/c1-13-7-9-15(10-8-13)18(20)21-12-16-5-2-4-14-6-3-11-19-17(14)16/h2-11H,12H2,1H3. The molecule has 3 heteroatoms. The van der Waals surface area contributed by atoms with Crippen LogP contribution >= 0.6 is 0 Å². The molecule has 0 saturated carbocycles. The second-order valence-electron chi connectivity index (χ2n) is 4.93. The van der Waals surface area contributed by atoms with Gasteiger partial charge in [0.15, 0.2) is 0 Å². The summed E-state index contributed by atoms with van der Waals surface area (Å²) in [6, 6.07) is 17.1. The highest BCUT2D eigenvalue weighted by Gasteiger charge is 2.08. The van der Waals surface area contributed by atoms with Crippen LogP contribution in [0.1, 0.15) is 21.5 Å². The molecule has 0 atom stereocenters. The van der Waals surface area contributed by atoms with Gasteiger partial charge in [-0.05, 0) is 25.1 Å². The van der Waals surface area contributed by atoms with Crippen LogP contribution in [0.2, 0.25) is 0 Å². The second kappa shape index (κ2) is 5.75. The molecule has 0 N–H and O–H groups in total. The molecular formula is C18H15NO2. The first-order valence-corrected chi connectivity index (χ1v) is 6.80. The summed E-state index contributed by atoms with van der Waals surface area (Å²) in [5.74, 6) is -0.317. The van der Waals surface area contributed by atoms with Gasteiger partial charge in [-0.25, -0.2) is 4.79 Å². The van der Waals surface area contributed by atoms with Crippen molar-refractivity contribution in [2.45, 2.75) is 13.5 Å². The molecule has 1 aromatic heterocycles. The van der Waals surface area contributed by atoms with Crippen molar-refractivity contribution >= 4 is 16.9 Å². The molecule has 0 bridgehead atoms. The van der Waals surface area contributed by atoms with Gasteiger partial charge < -0.3 is 4.74 Å². The van der Waals surface area contributed by atoms with E-state index in [-0.39, 0.29) is 12.6 Å². The number of nitrogens with zero attached hydrogens (tertiary/aromatic N) is 1. The molecule has 0 fully saturated rings. The fourth-order valence-corrected chi connectivity index (χ4v) is 2.20. The van der Waals surface area contributed by atoms with Crippen molar-refractivity contribution in [3.8, 4) is 0 Å². The largest absolute Gasteiger partial charge is 0.457 e. The molecule has 0 spiro atoms. The fraction of sp³-hybridized carbons (Fsp3) is 0.111. The Labute approximate surface area is 123 Å². The van der Waals surface area contributed by atoms with Gasteiger partial charge >= 0.3 is 5.97 Å². The van der Waals surface area contributed by atoms with Crippen LogP contribution in [0.15, 0.2) is 60.8 Å². The zero-order valence-electron chi connectivity index (χ0n) is 11.7. The maximum Gasteiger partial charge on any atom is 0.338 e. The van der Waals surface area contributed by atoms with E-state index in [1.807, 2.05) is 49.4 Å². The third kappa shape index (κ3) is 2.92. The molecule has 2 aromatic carbocycles. The lowest BCUT2D eigenvalue weighted by Crippen LogP contribution is -2.05. The quantitative estimate of drug-likeness (QED) is 0.681. The van der Waals surface area contributed by atoms with Crippen molar-refractivity contribution in [3.63, 3.8) is 0 Å². The van der Waals surface area contributed by atoms with Gasteiger partial charge in [0, 0.05) is 17.1 Å². The highest BCUT2D eigenvalue weighted by Crippen LogP contribution is 2.17. The second-order valence-corrected chi connectivity index (χ2v) is 4.93. The van der Waals surface area contributed by atoms with Gasteiger partial charge in [0.2, 0.25) is 0 Å². The molecule has 0 aliphatic heterocycles. The van der Waals surface area contributed by atoms with Crippen LogP contribution < -0.4 is 0 Å². The molecular weight excluding hydrogens is 262 g/mol. The number of fused-ring (bicyclic) bond motifs is 1. The van der Waals surface area contributed by atoms with Crippen molar-refractivity contribution in [1.29, 1.82) is 0 Å². The van der Waals surface area contributed by atoms with Crippen molar-refractivity contribution in [2.24, 2.45) is 0 Å². The van der Waals surface area contributed by atoms with Gasteiger partial charge in [-0.15, -0.1) is 0 Å². The minimum atomic E-state index is -0.317. The topological polar surface area (TPSA) is 39.2 Å². The van der Waals surface area contributed by atoms with Gasteiger partial charge in [0.05, 0.1) is 11.1 Å². The number of carbonyl (C=O) groups is 1. The monoisotopic (exact) mass is 277 g/mol. The number of para-hydroxylation sites is 1. The van der Waals surface area contributed by atoms with Gasteiger partial charge in [-0.1, -0.05) is 42.0 Å². The third-order valence-electron chi connectivity index (χ3n) is 3.36. The van der Waals surface area contributed by atoms with E-state index in [9.17, 15) is 4.79 Å². The van der Waals surface area contributed by atoms with Crippen LogP contribution in [0.5, 0.6) is 0 Å². The maximum atomic E-state index is 12.0. The molecule has 1 heterocycles. The molecule has 0 radical (unpaired) electrons. The van der Waals surface area contributed by atoms with Crippen LogP contribution in [0.25, 0.3) is 10.9 Å². The summed E-state index contributed by atoms with van der Waals surface area (Å²) >= 11 is 0. The highest BCUT2D eigenvalue weighted by atomic mass is 16.5. The summed E-state index contributed by atoms with van der Waals surface area (Å²) in [6.07, 6.45) is 1.74. The zero-order valence-corrected chi connectivity index (χ0v) is 11.7. The van der Waals surface area contributed by atoms with Crippen LogP contribution in [-0.4, -0.2) is 11.0 Å². The van der Waals surface area contributed by atoms with Gasteiger partial charge in [-0.2, -0.15) is 0 Å². The van der Waals surface area contributed by atoms with Crippen molar-refractivity contribution < 1.29 is 9.53 Å². The summed E-state index contributed by atoms with van der Waals surface area (Å²) in [6.45, 7) is 2.21. The van der Waals surface area contributed by atoms with Gasteiger partial charge in [0.25, 0.3) is 0 Å². The first-order valence-electron chi connectivity index (χ1n) is 6.80. The average Bonchev–Trinajstić information content (AvgIpc) is 2.53. The van der Waals surface area contributed by atoms with Crippen LogP contribution in [0, 0.1) is 6.92 Å². The van der Waals surface area contributed by atoms with Crippen molar-refractivity contribution in [3.05, 3.63) is 77.5 Å². The van der Waals surface area contributed by atoms with Gasteiger partial charge in [-0.3, -0.25) is 4.98 Å². The number of aryl methyl sites for hydroxylation is 1. The van der Waals surface area contributed by atoms with E-state index in [0.29, 0.717) is 5.56 Å². The summed E-state index contributed by atoms with van der Waals surface area (Å²) in [4.78, 5) is 16.4. The summed E-state index contributed by atoms with van der Waals surface area (Å²) in [5, 5.41) is 1.04. The first kappa shape index (κ1) is 13.3. The fourth-order valence-electron chi connectivity index (χ4n) is 2.20. The molecule has 3 nitrogen and oxygen atoms in total. The predicted octanol–water partition coefficient (Wildman–Crippen LogP) is 3.90. The summed E-state index contributed by atoms with van der Waals surface area (Å²) in [7, 11) is 0. The maximum absolute atomic E-state index is 12.0. The van der Waals surface area contributed by atoms with Crippen molar-refractivity contribution in [1.82, 2.24) is 4.98 Å². The highest BCUT2D eigenvalue weighted by molar-refractivity contribution is 5.89. The number of esters is 1. The molecule has 0 aliphatic carbocycles. The minimum Gasteiger partial charge on any atom is -0.457 e. The number of hydrogen-bond acceptors (Lipinski definition) is 3. The molecule has 0 aliphatic rings. The van der Waals surface area contributed by atoms with Crippen LogP contribution in [0.3, 0.4) is 0 Å². The first-order chi connectivity index (χ1) is 10.2. The Hall–Kier alpha value is -2.68. The van der Waals surface area contributed by atoms with E-state index in [4.69, 9.17) is 4.74 Å². The minimum absolute atomic E-state index is 0.223. The lowest BCUT2D eigenvalue weighted by molar-refractivity contribution is 0.0474. The van der Waals surface area contributed by atoms with E-state index < -0.39 is 0 Å².